The minimum absolute atomic E-state index is 0.0763. The van der Waals surface area contributed by atoms with E-state index in [1.54, 1.807) is 52.0 Å². The molecule has 7 heteroatoms. The van der Waals surface area contributed by atoms with Gasteiger partial charge in [0, 0.05) is 17.8 Å². The van der Waals surface area contributed by atoms with Crippen molar-refractivity contribution in [1.29, 1.82) is 0 Å². The second kappa shape index (κ2) is 6.84. The summed E-state index contributed by atoms with van der Waals surface area (Å²) in [6.45, 7) is 6.90. The third kappa shape index (κ3) is 4.20. The first-order valence-corrected chi connectivity index (χ1v) is 7.54. The van der Waals surface area contributed by atoms with Crippen molar-refractivity contribution in [2.24, 2.45) is 0 Å². The smallest absolute Gasteiger partial charge is 0.354 e. The molecule has 0 spiro atoms. The highest BCUT2D eigenvalue weighted by atomic mass is 16.6. The van der Waals surface area contributed by atoms with Gasteiger partial charge in [0.1, 0.15) is 11.4 Å². The summed E-state index contributed by atoms with van der Waals surface area (Å²) in [5.41, 5.74) is 0.306. The van der Waals surface area contributed by atoms with Crippen LogP contribution in [0, 0.1) is 24.0 Å². The molecule has 0 fully saturated rings. The minimum atomic E-state index is -1.02. The molecule has 0 saturated heterocycles. The van der Waals surface area contributed by atoms with E-state index >= 15 is 0 Å². The van der Waals surface area contributed by atoms with Gasteiger partial charge in [0.25, 0.3) is 0 Å². The van der Waals surface area contributed by atoms with E-state index in [-0.39, 0.29) is 18.1 Å². The van der Waals surface area contributed by atoms with E-state index in [0.717, 1.165) is 0 Å². The molecule has 1 aromatic heterocycles. The number of aryl methyl sites for hydroxylation is 1. The maximum absolute atomic E-state index is 11.6. The predicted molar refractivity (Wildman–Crippen MR) is 91.7 cm³/mol. The van der Waals surface area contributed by atoms with Crippen LogP contribution >= 0.6 is 0 Å². The molecule has 0 saturated carbocycles. The zero-order valence-corrected chi connectivity index (χ0v) is 14.2. The van der Waals surface area contributed by atoms with Crippen LogP contribution in [-0.2, 0) is 0 Å². The van der Waals surface area contributed by atoms with Crippen LogP contribution in [0.4, 0.5) is 11.4 Å². The number of hydrogen-bond donors (Lipinski definition) is 2. The topological polar surface area (TPSA) is 97.5 Å². The second-order valence-electron chi connectivity index (χ2n) is 6.19. The number of ether oxygens (including phenoxy) is 1. The SMILES string of the molecule is Cc1nc(Oc2ccccc2)c([N+](=O)[O-])c(NCC(C)(C)O)c1C. The number of pyridine rings is 1. The molecule has 0 aliphatic carbocycles. The van der Waals surface area contributed by atoms with E-state index in [4.69, 9.17) is 4.74 Å². The van der Waals surface area contributed by atoms with Crippen LogP contribution < -0.4 is 10.1 Å². The molecular weight excluding hydrogens is 310 g/mol. The molecule has 128 valence electrons. The van der Waals surface area contributed by atoms with Crippen molar-refractivity contribution >= 4 is 11.4 Å². The summed E-state index contributed by atoms with van der Waals surface area (Å²) in [5.74, 6) is 0.386. The number of anilines is 1. The molecular formula is C17H21N3O4. The molecule has 1 aromatic carbocycles. The molecule has 2 rings (SSSR count). The molecule has 1 heterocycles. The average Bonchev–Trinajstić information content (AvgIpc) is 2.49. The second-order valence-corrected chi connectivity index (χ2v) is 6.19. The lowest BCUT2D eigenvalue weighted by Gasteiger charge is -2.20. The van der Waals surface area contributed by atoms with E-state index in [0.29, 0.717) is 22.7 Å². The van der Waals surface area contributed by atoms with Crippen LogP contribution in [0.2, 0.25) is 0 Å². The molecule has 0 aliphatic heterocycles. The van der Waals surface area contributed by atoms with Gasteiger partial charge in [-0.2, -0.15) is 0 Å². The highest BCUT2D eigenvalue weighted by Crippen LogP contribution is 2.39. The van der Waals surface area contributed by atoms with E-state index < -0.39 is 10.5 Å². The number of nitrogens with one attached hydrogen (secondary N) is 1. The van der Waals surface area contributed by atoms with E-state index in [9.17, 15) is 15.2 Å². The highest BCUT2D eigenvalue weighted by molar-refractivity contribution is 5.71. The van der Waals surface area contributed by atoms with E-state index in [1.807, 2.05) is 6.07 Å². The van der Waals surface area contributed by atoms with Gasteiger partial charge in [-0.25, -0.2) is 4.98 Å². The molecule has 2 aromatic rings. The van der Waals surface area contributed by atoms with Crippen molar-refractivity contribution in [1.82, 2.24) is 4.98 Å². The Morgan fingerprint density at radius 1 is 1.29 bits per heavy atom. The Kier molecular flexibility index (Phi) is 5.04. The number of aromatic nitrogens is 1. The Hall–Kier alpha value is -2.67. The molecule has 7 nitrogen and oxygen atoms in total. The van der Waals surface area contributed by atoms with Gasteiger partial charge in [0.2, 0.25) is 0 Å². The van der Waals surface area contributed by atoms with Gasteiger partial charge in [-0.15, -0.1) is 0 Å². The lowest BCUT2D eigenvalue weighted by molar-refractivity contribution is -0.385. The van der Waals surface area contributed by atoms with Gasteiger partial charge in [-0.1, -0.05) is 18.2 Å². The monoisotopic (exact) mass is 331 g/mol. The Morgan fingerprint density at radius 2 is 1.92 bits per heavy atom. The molecule has 0 atom stereocenters. The third-order valence-electron chi connectivity index (χ3n) is 3.46. The van der Waals surface area contributed by atoms with Crippen LogP contribution in [-0.4, -0.2) is 27.2 Å². The normalized spacial score (nSPS) is 11.2. The van der Waals surface area contributed by atoms with Crippen LogP contribution in [0.25, 0.3) is 0 Å². The maximum Gasteiger partial charge on any atom is 0.354 e. The van der Waals surface area contributed by atoms with Gasteiger partial charge < -0.3 is 15.2 Å². The number of para-hydroxylation sites is 1. The summed E-state index contributed by atoms with van der Waals surface area (Å²) in [6.07, 6.45) is 0. The van der Waals surface area contributed by atoms with Crippen LogP contribution in [0.3, 0.4) is 0 Å². The first-order chi connectivity index (χ1) is 11.2. The fourth-order valence-electron chi connectivity index (χ4n) is 2.12. The molecule has 0 unspecified atom stereocenters. The number of benzene rings is 1. The lowest BCUT2D eigenvalue weighted by Crippen LogP contribution is -2.30. The maximum atomic E-state index is 11.6. The summed E-state index contributed by atoms with van der Waals surface area (Å²) >= 11 is 0. The van der Waals surface area contributed by atoms with Crippen molar-refractivity contribution in [2.45, 2.75) is 33.3 Å². The summed E-state index contributed by atoms with van der Waals surface area (Å²) < 4.78 is 5.62. The first kappa shape index (κ1) is 17.7. The van der Waals surface area contributed by atoms with Crippen LogP contribution in [0.5, 0.6) is 11.6 Å². The third-order valence-corrected chi connectivity index (χ3v) is 3.46. The van der Waals surface area contributed by atoms with Crippen LogP contribution in [0.1, 0.15) is 25.1 Å². The number of aliphatic hydroxyl groups is 1. The lowest BCUT2D eigenvalue weighted by atomic mass is 10.1. The fraction of sp³-hybridized carbons (Fsp3) is 0.353. The standard InChI is InChI=1S/C17H21N3O4/c1-11-12(2)19-16(24-13-8-6-5-7-9-13)15(20(22)23)14(11)18-10-17(3,4)21/h5-9,21H,10H2,1-4H3,(H,18,19). The van der Waals surface area contributed by atoms with Gasteiger partial charge in [-0.05, 0) is 39.8 Å². The molecule has 0 bridgehead atoms. The number of hydrogen-bond acceptors (Lipinski definition) is 6. The zero-order valence-electron chi connectivity index (χ0n) is 14.2. The number of rotatable bonds is 6. The molecule has 2 N–H and O–H groups in total. The first-order valence-electron chi connectivity index (χ1n) is 7.54. The highest BCUT2D eigenvalue weighted by Gasteiger charge is 2.28. The summed E-state index contributed by atoms with van der Waals surface area (Å²) in [4.78, 5) is 15.3. The Labute approximate surface area is 140 Å². The number of nitro groups is 1. The molecule has 0 amide bonds. The van der Waals surface area contributed by atoms with Crippen molar-refractivity contribution < 1.29 is 14.8 Å². The van der Waals surface area contributed by atoms with E-state index in [1.165, 1.54) is 0 Å². The van der Waals surface area contributed by atoms with Crippen molar-refractivity contribution in [2.75, 3.05) is 11.9 Å². The predicted octanol–water partition coefficient (Wildman–Crippen LogP) is 3.58. The van der Waals surface area contributed by atoms with Gasteiger partial charge in [0.05, 0.1) is 10.5 Å². The van der Waals surface area contributed by atoms with Crippen LogP contribution in [0.15, 0.2) is 30.3 Å². The average molecular weight is 331 g/mol. The number of nitrogens with zero attached hydrogens (tertiary/aromatic N) is 2. The van der Waals surface area contributed by atoms with E-state index in [2.05, 4.69) is 10.3 Å². The Balaban J connectivity index is 2.50. The molecule has 0 radical (unpaired) electrons. The van der Waals surface area contributed by atoms with Crippen molar-refractivity contribution in [3.8, 4) is 11.6 Å². The molecule has 24 heavy (non-hydrogen) atoms. The summed E-state index contributed by atoms with van der Waals surface area (Å²) in [6, 6.07) is 8.77. The Bertz CT molecular complexity index is 740. The minimum Gasteiger partial charge on any atom is -0.434 e. The van der Waals surface area contributed by atoms with Crippen molar-refractivity contribution in [3.63, 3.8) is 0 Å². The van der Waals surface area contributed by atoms with Crippen molar-refractivity contribution in [3.05, 3.63) is 51.7 Å². The Morgan fingerprint density at radius 3 is 2.46 bits per heavy atom. The van der Waals surface area contributed by atoms with Gasteiger partial charge in [0.15, 0.2) is 0 Å². The quantitative estimate of drug-likeness (QED) is 0.620. The zero-order chi connectivity index (χ0) is 17.9. The molecule has 0 aliphatic rings. The largest absolute Gasteiger partial charge is 0.434 e. The van der Waals surface area contributed by atoms with Gasteiger partial charge >= 0.3 is 11.6 Å². The summed E-state index contributed by atoms with van der Waals surface area (Å²) in [5, 5.41) is 24.5. The summed E-state index contributed by atoms with van der Waals surface area (Å²) in [7, 11) is 0. The fourth-order valence-corrected chi connectivity index (χ4v) is 2.12. The van der Waals surface area contributed by atoms with Gasteiger partial charge in [-0.3, -0.25) is 10.1 Å².